The lowest BCUT2D eigenvalue weighted by atomic mass is 10.2. The zero-order chi connectivity index (χ0) is 15.3. The van der Waals surface area contributed by atoms with Gasteiger partial charge in [0, 0.05) is 12.6 Å². The van der Waals surface area contributed by atoms with Crippen LogP contribution in [0, 0.1) is 5.82 Å². The molecule has 0 saturated heterocycles. The van der Waals surface area contributed by atoms with Crippen molar-refractivity contribution in [1.29, 1.82) is 0 Å². The number of benzene rings is 1. The molecule has 0 spiro atoms. The Morgan fingerprint density at radius 1 is 1.25 bits per heavy atom. The Kier molecular flexibility index (Phi) is 5.97. The Balaban J connectivity index is 3.04. The van der Waals surface area contributed by atoms with Gasteiger partial charge in [-0.15, -0.1) is 0 Å². The van der Waals surface area contributed by atoms with Gasteiger partial charge in [0.1, 0.15) is 5.82 Å². The first-order valence-electron chi connectivity index (χ1n) is 6.02. The summed E-state index contributed by atoms with van der Waals surface area (Å²) in [6, 6.07) is 3.38. The molecule has 0 amide bonds. The smallest absolute Gasteiger partial charge is 0.251 e. The molecule has 0 bridgehead atoms. The predicted octanol–water partition coefficient (Wildman–Crippen LogP) is 1.87. The summed E-state index contributed by atoms with van der Waals surface area (Å²) >= 11 is 0. The molecule has 0 radical (unpaired) electrons. The van der Waals surface area contributed by atoms with Crippen LogP contribution in [0.15, 0.2) is 23.1 Å². The topological polar surface area (TPSA) is 58.2 Å². The van der Waals surface area contributed by atoms with Crippen molar-refractivity contribution in [3.05, 3.63) is 29.6 Å². The number of rotatable bonds is 7. The van der Waals surface area contributed by atoms with E-state index >= 15 is 0 Å². The number of sulfonamides is 1. The van der Waals surface area contributed by atoms with Crippen molar-refractivity contribution >= 4 is 10.0 Å². The van der Waals surface area contributed by atoms with Gasteiger partial charge in [0.2, 0.25) is 10.0 Å². The van der Waals surface area contributed by atoms with Crippen LogP contribution in [-0.4, -0.2) is 27.4 Å². The average Bonchev–Trinajstić information content (AvgIpc) is 2.35. The van der Waals surface area contributed by atoms with Crippen molar-refractivity contribution in [2.45, 2.75) is 37.8 Å². The van der Waals surface area contributed by atoms with E-state index in [1.807, 2.05) is 13.8 Å². The maximum absolute atomic E-state index is 13.2. The highest BCUT2D eigenvalue weighted by Gasteiger charge is 2.20. The van der Waals surface area contributed by atoms with Gasteiger partial charge in [-0.3, -0.25) is 0 Å². The lowest BCUT2D eigenvalue weighted by Crippen LogP contribution is -2.30. The maximum atomic E-state index is 13.2. The van der Waals surface area contributed by atoms with Gasteiger partial charge in [0.05, 0.1) is 11.4 Å². The third-order valence-electron chi connectivity index (χ3n) is 2.45. The number of hydrogen-bond acceptors (Lipinski definition) is 3. The summed E-state index contributed by atoms with van der Waals surface area (Å²) in [7, 11) is -4.17. The molecule has 1 rings (SSSR count). The second-order valence-electron chi connectivity index (χ2n) is 4.53. The first-order chi connectivity index (χ1) is 9.22. The van der Waals surface area contributed by atoms with Gasteiger partial charge in [-0.1, -0.05) is 19.9 Å². The van der Waals surface area contributed by atoms with Gasteiger partial charge in [-0.25, -0.2) is 26.3 Å². The Bertz CT molecular complexity index is 548. The minimum atomic E-state index is -4.17. The summed E-state index contributed by atoms with van der Waals surface area (Å²) in [5.41, 5.74) is 0.321. The summed E-state index contributed by atoms with van der Waals surface area (Å²) in [6.07, 6.45) is -2.81. The first-order valence-corrected chi connectivity index (χ1v) is 7.50. The molecule has 0 aromatic heterocycles. The molecule has 4 nitrogen and oxygen atoms in total. The van der Waals surface area contributed by atoms with Gasteiger partial charge in [-0.2, -0.15) is 0 Å². The Labute approximate surface area is 116 Å². The highest BCUT2D eigenvalue weighted by molar-refractivity contribution is 7.89. The standard InChI is InChI=1S/C12H17F3N2O2S/c1-8(2)16-6-9-3-4-10(13)5-11(9)20(18,19)17-7-12(14)15/h3-5,8,12,16-17H,6-7H2,1-2H3. The third-order valence-corrected chi connectivity index (χ3v) is 3.95. The van der Waals surface area contributed by atoms with E-state index in [1.54, 1.807) is 4.72 Å². The highest BCUT2D eigenvalue weighted by Crippen LogP contribution is 2.17. The van der Waals surface area contributed by atoms with Gasteiger partial charge >= 0.3 is 0 Å². The van der Waals surface area contributed by atoms with Gasteiger partial charge in [-0.05, 0) is 17.7 Å². The third kappa shape index (κ3) is 5.10. The van der Waals surface area contributed by atoms with Crippen molar-refractivity contribution in [3.8, 4) is 0 Å². The van der Waals surface area contributed by atoms with E-state index in [4.69, 9.17) is 0 Å². The number of halogens is 3. The van der Waals surface area contributed by atoms with Gasteiger partial charge < -0.3 is 5.32 Å². The van der Waals surface area contributed by atoms with E-state index in [-0.39, 0.29) is 17.5 Å². The molecule has 0 atom stereocenters. The SMILES string of the molecule is CC(C)NCc1ccc(F)cc1S(=O)(=O)NCC(F)F. The lowest BCUT2D eigenvalue weighted by molar-refractivity contribution is 0.153. The van der Waals surface area contributed by atoms with Gasteiger partial charge in [0.25, 0.3) is 6.43 Å². The van der Waals surface area contributed by atoms with E-state index in [0.717, 1.165) is 12.1 Å². The molecule has 0 fully saturated rings. The van der Waals surface area contributed by atoms with Crippen LogP contribution in [0.2, 0.25) is 0 Å². The predicted molar refractivity (Wildman–Crippen MR) is 69.6 cm³/mol. The normalized spacial score (nSPS) is 12.3. The summed E-state index contributed by atoms with van der Waals surface area (Å²) in [5, 5.41) is 3.00. The van der Waals surface area contributed by atoms with Crippen LogP contribution in [0.3, 0.4) is 0 Å². The minimum Gasteiger partial charge on any atom is -0.310 e. The summed E-state index contributed by atoms with van der Waals surface area (Å²) in [4.78, 5) is -0.327. The Morgan fingerprint density at radius 2 is 1.90 bits per heavy atom. The van der Waals surface area contributed by atoms with Crippen molar-refractivity contribution in [2.75, 3.05) is 6.54 Å². The fraction of sp³-hybridized carbons (Fsp3) is 0.500. The molecule has 8 heteroatoms. The molecule has 20 heavy (non-hydrogen) atoms. The van der Waals surface area contributed by atoms with Crippen LogP contribution in [0.25, 0.3) is 0 Å². The van der Waals surface area contributed by atoms with Crippen LogP contribution in [-0.2, 0) is 16.6 Å². The van der Waals surface area contributed by atoms with Crippen LogP contribution < -0.4 is 10.0 Å². The highest BCUT2D eigenvalue weighted by atomic mass is 32.2. The summed E-state index contributed by atoms with van der Waals surface area (Å²) in [5.74, 6) is -0.740. The molecule has 2 N–H and O–H groups in total. The largest absolute Gasteiger partial charge is 0.310 e. The van der Waals surface area contributed by atoms with Crippen LogP contribution in [0.1, 0.15) is 19.4 Å². The number of hydrogen-bond donors (Lipinski definition) is 2. The molecular weight excluding hydrogens is 293 g/mol. The molecule has 0 aliphatic heterocycles. The monoisotopic (exact) mass is 310 g/mol. The number of nitrogens with one attached hydrogen (secondary N) is 2. The second kappa shape index (κ2) is 7.05. The molecular formula is C12H17F3N2O2S. The zero-order valence-corrected chi connectivity index (χ0v) is 12.0. The molecule has 1 aromatic carbocycles. The molecule has 0 heterocycles. The molecule has 0 unspecified atom stereocenters. The van der Waals surface area contributed by atoms with Crippen molar-refractivity contribution in [1.82, 2.24) is 10.0 Å². The fourth-order valence-electron chi connectivity index (χ4n) is 1.49. The van der Waals surface area contributed by atoms with E-state index < -0.39 is 28.8 Å². The minimum absolute atomic E-state index is 0.102. The zero-order valence-electron chi connectivity index (χ0n) is 11.2. The Hall–Kier alpha value is -1.12. The van der Waals surface area contributed by atoms with E-state index in [1.165, 1.54) is 6.07 Å². The second-order valence-corrected chi connectivity index (χ2v) is 6.27. The average molecular weight is 310 g/mol. The van der Waals surface area contributed by atoms with E-state index in [9.17, 15) is 21.6 Å². The van der Waals surface area contributed by atoms with E-state index in [0.29, 0.717) is 5.56 Å². The lowest BCUT2D eigenvalue weighted by Gasteiger charge is -2.14. The van der Waals surface area contributed by atoms with E-state index in [2.05, 4.69) is 5.32 Å². The summed E-state index contributed by atoms with van der Waals surface area (Å²) in [6.45, 7) is 2.93. The molecule has 1 aromatic rings. The maximum Gasteiger partial charge on any atom is 0.251 e. The van der Waals surface area contributed by atoms with Crippen LogP contribution in [0.4, 0.5) is 13.2 Å². The van der Waals surface area contributed by atoms with Crippen molar-refractivity contribution in [2.24, 2.45) is 0 Å². The number of alkyl halides is 2. The van der Waals surface area contributed by atoms with Gasteiger partial charge in [0.15, 0.2) is 0 Å². The molecule has 0 saturated carbocycles. The quantitative estimate of drug-likeness (QED) is 0.808. The van der Waals surface area contributed by atoms with Crippen molar-refractivity contribution in [3.63, 3.8) is 0 Å². The molecule has 0 aliphatic rings. The summed E-state index contributed by atoms with van der Waals surface area (Å²) < 4.78 is 63.0. The first kappa shape index (κ1) is 16.9. The van der Waals surface area contributed by atoms with Crippen LogP contribution in [0.5, 0.6) is 0 Å². The van der Waals surface area contributed by atoms with Crippen molar-refractivity contribution < 1.29 is 21.6 Å². The Morgan fingerprint density at radius 3 is 2.45 bits per heavy atom. The fourth-order valence-corrected chi connectivity index (χ4v) is 2.74. The van der Waals surface area contributed by atoms with Crippen LogP contribution >= 0.6 is 0 Å². The molecule has 114 valence electrons. The molecule has 0 aliphatic carbocycles.